The fourth-order valence-corrected chi connectivity index (χ4v) is 6.29. The smallest absolute Gasteiger partial charge is 0.208 e. The number of benzene rings is 2. The van der Waals surface area contributed by atoms with Gasteiger partial charge < -0.3 is 0 Å². The molecule has 0 aromatic heterocycles. The van der Waals surface area contributed by atoms with E-state index in [0.29, 0.717) is 5.56 Å². The van der Waals surface area contributed by atoms with Crippen molar-refractivity contribution in [3.05, 3.63) is 59.9 Å². The molecule has 3 rings (SSSR count). The van der Waals surface area contributed by atoms with Crippen molar-refractivity contribution in [2.45, 2.75) is 61.4 Å². The average Bonchev–Trinajstić information content (AvgIpc) is 2.70. The first-order valence-electron chi connectivity index (χ1n) is 9.99. The zero-order chi connectivity index (χ0) is 21.9. The van der Waals surface area contributed by atoms with Crippen molar-refractivity contribution in [3.63, 3.8) is 0 Å². The molecule has 0 spiro atoms. The minimum absolute atomic E-state index is 0.0332. The summed E-state index contributed by atoms with van der Waals surface area (Å²) in [5.74, 6) is -0.132. The van der Waals surface area contributed by atoms with Gasteiger partial charge in [0.05, 0.1) is 9.79 Å². The third-order valence-electron chi connectivity index (χ3n) is 5.56. The van der Waals surface area contributed by atoms with Crippen LogP contribution in [0.25, 0.3) is 0 Å². The molecular formula is C21H27FN2O4S2. The van der Waals surface area contributed by atoms with Crippen LogP contribution in [0.1, 0.15) is 51.1 Å². The number of hydrogen-bond acceptors (Lipinski definition) is 4. The van der Waals surface area contributed by atoms with Gasteiger partial charge >= 0.3 is 0 Å². The summed E-state index contributed by atoms with van der Waals surface area (Å²) in [4.78, 5) is -0.00717. The summed E-state index contributed by atoms with van der Waals surface area (Å²) in [7, 11) is -7.60. The maximum absolute atomic E-state index is 13.1. The van der Waals surface area contributed by atoms with Crippen molar-refractivity contribution in [1.29, 1.82) is 0 Å². The molecule has 1 aliphatic rings. The van der Waals surface area contributed by atoms with Gasteiger partial charge in [-0.3, -0.25) is 0 Å². The van der Waals surface area contributed by atoms with E-state index < -0.39 is 31.9 Å². The molecule has 2 N–H and O–H groups in total. The number of hydrogen-bond donors (Lipinski definition) is 2. The van der Waals surface area contributed by atoms with Crippen molar-refractivity contribution >= 4 is 20.0 Å². The summed E-state index contributed by atoms with van der Waals surface area (Å²) in [5, 5.41) is 0. The Hall–Kier alpha value is -1.81. The Kier molecular flexibility index (Phi) is 6.96. The van der Waals surface area contributed by atoms with Crippen LogP contribution in [-0.2, 0) is 20.0 Å². The number of halogens is 1. The van der Waals surface area contributed by atoms with E-state index in [2.05, 4.69) is 9.44 Å². The Balaban J connectivity index is 1.72. The first kappa shape index (κ1) is 22.9. The van der Waals surface area contributed by atoms with Gasteiger partial charge in [0, 0.05) is 12.1 Å². The summed E-state index contributed by atoms with van der Waals surface area (Å²) in [6.07, 6.45) is 3.89. The van der Waals surface area contributed by atoms with Crippen molar-refractivity contribution < 1.29 is 21.2 Å². The summed E-state index contributed by atoms with van der Waals surface area (Å²) >= 11 is 0. The lowest BCUT2D eigenvalue weighted by molar-refractivity contribution is 0.310. The maximum Gasteiger partial charge on any atom is 0.241 e. The lowest BCUT2D eigenvalue weighted by Crippen LogP contribution is -2.40. The van der Waals surface area contributed by atoms with Crippen molar-refractivity contribution in [3.8, 4) is 0 Å². The lowest BCUT2D eigenvalue weighted by Gasteiger charge is -2.29. The zero-order valence-corrected chi connectivity index (χ0v) is 18.6. The number of sulfonamides is 2. The molecule has 0 radical (unpaired) electrons. The van der Waals surface area contributed by atoms with Crippen LogP contribution in [-0.4, -0.2) is 22.9 Å². The minimum atomic E-state index is -3.87. The molecule has 0 bridgehead atoms. The Labute approximate surface area is 178 Å². The Bertz CT molecular complexity index is 1070. The molecule has 0 saturated heterocycles. The third kappa shape index (κ3) is 5.46. The largest absolute Gasteiger partial charge is 0.241 e. The van der Waals surface area contributed by atoms with Gasteiger partial charge in [-0.1, -0.05) is 31.9 Å². The van der Waals surface area contributed by atoms with Crippen LogP contribution in [0.3, 0.4) is 0 Å². The van der Waals surface area contributed by atoms with Gasteiger partial charge in [0.1, 0.15) is 5.82 Å². The van der Waals surface area contributed by atoms with E-state index in [1.165, 1.54) is 48.5 Å². The molecule has 1 saturated carbocycles. The molecule has 2 aromatic carbocycles. The Morgan fingerprint density at radius 2 is 1.40 bits per heavy atom. The summed E-state index contributed by atoms with van der Waals surface area (Å²) in [5.41, 5.74) is 0.616. The quantitative estimate of drug-likeness (QED) is 0.667. The highest BCUT2D eigenvalue weighted by Gasteiger charge is 2.27. The van der Waals surface area contributed by atoms with Gasteiger partial charge in [-0.05, 0) is 67.6 Å². The highest BCUT2D eigenvalue weighted by atomic mass is 32.2. The van der Waals surface area contributed by atoms with E-state index >= 15 is 0 Å². The van der Waals surface area contributed by atoms with E-state index in [1.54, 1.807) is 6.92 Å². The standard InChI is InChI=1S/C21H27FN2O4S2/c1-15-5-3-4-6-21(15)24-30(27,28)20-13-11-19(12-14-20)29(25,26)23-16(2)17-7-9-18(22)10-8-17/h7-16,21,23-24H,3-6H2,1-2H3. The van der Waals surface area contributed by atoms with Crippen molar-refractivity contribution in [1.82, 2.24) is 9.44 Å². The lowest BCUT2D eigenvalue weighted by atomic mass is 9.87. The molecule has 0 heterocycles. The second-order valence-electron chi connectivity index (χ2n) is 7.86. The van der Waals surface area contributed by atoms with Gasteiger partial charge in [-0.2, -0.15) is 0 Å². The summed E-state index contributed by atoms with van der Waals surface area (Å²) < 4.78 is 69.0. The van der Waals surface area contributed by atoms with Crippen LogP contribution < -0.4 is 9.44 Å². The van der Waals surface area contributed by atoms with E-state index in [0.717, 1.165) is 25.7 Å². The number of rotatable bonds is 7. The second-order valence-corrected chi connectivity index (χ2v) is 11.3. The van der Waals surface area contributed by atoms with Crippen LogP contribution in [0.2, 0.25) is 0 Å². The van der Waals surface area contributed by atoms with Crippen LogP contribution >= 0.6 is 0 Å². The van der Waals surface area contributed by atoms with Gasteiger partial charge in [0.15, 0.2) is 0 Å². The third-order valence-corrected chi connectivity index (χ3v) is 8.63. The predicted octanol–water partition coefficient (Wildman–Crippen LogP) is 3.72. The molecule has 30 heavy (non-hydrogen) atoms. The SMILES string of the molecule is CC(NS(=O)(=O)c1ccc(S(=O)(=O)NC2CCCCC2C)cc1)c1ccc(F)cc1. The summed E-state index contributed by atoms with van der Waals surface area (Å²) in [6.45, 7) is 3.69. The molecule has 3 unspecified atom stereocenters. The first-order valence-corrected chi connectivity index (χ1v) is 13.0. The van der Waals surface area contributed by atoms with E-state index in [9.17, 15) is 21.2 Å². The fourth-order valence-electron chi connectivity index (χ4n) is 3.68. The average molecular weight is 455 g/mol. The van der Waals surface area contributed by atoms with E-state index in [4.69, 9.17) is 0 Å². The maximum atomic E-state index is 13.1. The van der Waals surface area contributed by atoms with E-state index in [-0.39, 0.29) is 21.8 Å². The molecule has 2 aromatic rings. The fraction of sp³-hybridized carbons (Fsp3) is 0.429. The van der Waals surface area contributed by atoms with Gasteiger partial charge in [0.2, 0.25) is 20.0 Å². The molecule has 9 heteroatoms. The van der Waals surface area contributed by atoms with Crippen LogP contribution in [0.4, 0.5) is 4.39 Å². The van der Waals surface area contributed by atoms with Gasteiger partial charge in [-0.15, -0.1) is 0 Å². The topological polar surface area (TPSA) is 92.3 Å². The van der Waals surface area contributed by atoms with Gasteiger partial charge in [0.25, 0.3) is 0 Å². The predicted molar refractivity (Wildman–Crippen MR) is 113 cm³/mol. The minimum Gasteiger partial charge on any atom is -0.208 e. The van der Waals surface area contributed by atoms with Crippen LogP contribution in [0.5, 0.6) is 0 Å². The highest BCUT2D eigenvalue weighted by Crippen LogP contribution is 2.26. The molecule has 3 atom stereocenters. The Morgan fingerprint density at radius 3 is 1.97 bits per heavy atom. The Morgan fingerprint density at radius 1 is 0.867 bits per heavy atom. The molecule has 0 aliphatic heterocycles. The normalized spacial score (nSPS) is 21.3. The summed E-state index contributed by atoms with van der Waals surface area (Å²) in [6, 6.07) is 10.0. The number of nitrogens with one attached hydrogen (secondary N) is 2. The second kappa shape index (κ2) is 9.13. The van der Waals surface area contributed by atoms with E-state index in [1.807, 2.05) is 6.92 Å². The molecule has 164 valence electrons. The first-order chi connectivity index (χ1) is 14.1. The monoisotopic (exact) mass is 454 g/mol. The van der Waals surface area contributed by atoms with Crippen molar-refractivity contribution in [2.75, 3.05) is 0 Å². The molecule has 0 amide bonds. The molecular weight excluding hydrogens is 427 g/mol. The molecule has 1 fully saturated rings. The van der Waals surface area contributed by atoms with Crippen molar-refractivity contribution in [2.24, 2.45) is 5.92 Å². The van der Waals surface area contributed by atoms with Crippen LogP contribution in [0.15, 0.2) is 58.3 Å². The highest BCUT2D eigenvalue weighted by molar-refractivity contribution is 7.90. The molecule has 6 nitrogen and oxygen atoms in total. The van der Waals surface area contributed by atoms with Gasteiger partial charge in [-0.25, -0.2) is 30.7 Å². The van der Waals surface area contributed by atoms with Crippen LogP contribution in [0, 0.1) is 11.7 Å². The zero-order valence-electron chi connectivity index (χ0n) is 17.0. The molecule has 1 aliphatic carbocycles.